The van der Waals surface area contributed by atoms with E-state index in [1.807, 2.05) is 12.1 Å². The first kappa shape index (κ1) is 20.3. The van der Waals surface area contributed by atoms with Gasteiger partial charge in [0, 0.05) is 31.9 Å². The summed E-state index contributed by atoms with van der Waals surface area (Å²) in [5, 5.41) is 13.8. The van der Waals surface area contributed by atoms with Gasteiger partial charge >= 0.3 is 0 Å². The third kappa shape index (κ3) is 6.36. The van der Waals surface area contributed by atoms with Crippen molar-refractivity contribution in [2.75, 3.05) is 30.5 Å². The number of rotatable bonds is 9. The van der Waals surface area contributed by atoms with Gasteiger partial charge in [-0.25, -0.2) is 9.99 Å². The first-order valence-electron chi connectivity index (χ1n) is 8.79. The van der Waals surface area contributed by atoms with Crippen LogP contribution in [0, 0.1) is 10.3 Å². The number of hydrogen-bond donors (Lipinski definition) is 2. The standard InChI is InChI=1S/C18H26N6O3/c1-18(2,3)12-20-14-8-7-13(21-16(14)24(4)23-26)6-5-10-19-17(25)15-9-11-27-22-15/h7-9,11,20H,5-6,10,12H2,1-4H3,(H,19,25). The van der Waals surface area contributed by atoms with Gasteiger partial charge in [-0.1, -0.05) is 25.9 Å². The molecule has 1 amide bonds. The molecule has 0 aliphatic heterocycles. The summed E-state index contributed by atoms with van der Waals surface area (Å²) in [5.41, 5.74) is 1.92. The van der Waals surface area contributed by atoms with Gasteiger partial charge in [-0.2, -0.15) is 0 Å². The number of pyridine rings is 1. The molecule has 9 nitrogen and oxygen atoms in total. The van der Waals surface area contributed by atoms with Crippen LogP contribution in [-0.2, 0) is 6.42 Å². The van der Waals surface area contributed by atoms with Gasteiger partial charge in [0.25, 0.3) is 5.91 Å². The Morgan fingerprint density at radius 1 is 1.30 bits per heavy atom. The Labute approximate surface area is 158 Å². The molecule has 0 bridgehead atoms. The highest BCUT2D eigenvalue weighted by atomic mass is 16.5. The Kier molecular flexibility index (Phi) is 6.86. The third-order valence-electron chi connectivity index (χ3n) is 3.74. The second kappa shape index (κ2) is 9.11. The van der Waals surface area contributed by atoms with E-state index in [0.717, 1.165) is 17.9 Å². The number of nitrogens with zero attached hydrogens (tertiary/aromatic N) is 4. The first-order valence-corrected chi connectivity index (χ1v) is 8.79. The molecular formula is C18H26N6O3. The van der Waals surface area contributed by atoms with Gasteiger partial charge in [-0.05, 0) is 30.4 Å². The van der Waals surface area contributed by atoms with Crippen molar-refractivity contribution in [3.05, 3.63) is 40.8 Å². The highest BCUT2D eigenvalue weighted by Gasteiger charge is 2.15. The topological polar surface area (TPSA) is 113 Å². The zero-order valence-corrected chi connectivity index (χ0v) is 16.2. The summed E-state index contributed by atoms with van der Waals surface area (Å²) in [4.78, 5) is 27.3. The van der Waals surface area contributed by atoms with Gasteiger partial charge in [0.2, 0.25) is 0 Å². The number of nitrogens with one attached hydrogen (secondary N) is 2. The maximum atomic E-state index is 11.8. The molecule has 9 heteroatoms. The molecule has 2 aromatic heterocycles. The third-order valence-corrected chi connectivity index (χ3v) is 3.74. The molecule has 0 saturated heterocycles. The van der Waals surface area contributed by atoms with Crippen LogP contribution in [0.1, 0.15) is 43.4 Å². The van der Waals surface area contributed by atoms with E-state index in [0.29, 0.717) is 25.2 Å². The van der Waals surface area contributed by atoms with E-state index in [9.17, 15) is 9.70 Å². The van der Waals surface area contributed by atoms with E-state index in [2.05, 4.69) is 51.4 Å². The van der Waals surface area contributed by atoms with E-state index in [4.69, 9.17) is 0 Å². The molecule has 27 heavy (non-hydrogen) atoms. The molecule has 2 aromatic rings. The second-order valence-electron chi connectivity index (χ2n) is 7.44. The number of aryl methyl sites for hydroxylation is 1. The van der Waals surface area contributed by atoms with Crippen molar-refractivity contribution in [3.63, 3.8) is 0 Å². The van der Waals surface area contributed by atoms with Gasteiger partial charge in [-0.3, -0.25) is 4.79 Å². The lowest BCUT2D eigenvalue weighted by molar-refractivity contribution is 0.0944. The lowest BCUT2D eigenvalue weighted by atomic mass is 9.97. The van der Waals surface area contributed by atoms with Crippen LogP contribution in [0.25, 0.3) is 0 Å². The molecule has 2 N–H and O–H groups in total. The summed E-state index contributed by atoms with van der Waals surface area (Å²) in [6, 6.07) is 5.32. The molecule has 2 rings (SSSR count). The van der Waals surface area contributed by atoms with Crippen LogP contribution in [-0.4, -0.2) is 36.2 Å². The van der Waals surface area contributed by atoms with E-state index < -0.39 is 0 Å². The normalized spacial score (nSPS) is 11.1. The number of aromatic nitrogens is 2. The average molecular weight is 374 g/mol. The van der Waals surface area contributed by atoms with Crippen LogP contribution >= 0.6 is 0 Å². The molecule has 0 spiro atoms. The molecule has 0 unspecified atom stereocenters. The maximum absolute atomic E-state index is 11.8. The van der Waals surface area contributed by atoms with E-state index in [1.165, 1.54) is 17.3 Å². The molecule has 2 heterocycles. The van der Waals surface area contributed by atoms with Crippen LogP contribution in [0.5, 0.6) is 0 Å². The largest absolute Gasteiger partial charge is 0.381 e. The van der Waals surface area contributed by atoms with Gasteiger partial charge in [-0.15, -0.1) is 4.91 Å². The van der Waals surface area contributed by atoms with E-state index in [-0.39, 0.29) is 17.0 Å². The van der Waals surface area contributed by atoms with Crippen LogP contribution < -0.4 is 15.6 Å². The van der Waals surface area contributed by atoms with Crippen LogP contribution in [0.2, 0.25) is 0 Å². The van der Waals surface area contributed by atoms with Gasteiger partial charge in [0.15, 0.2) is 11.5 Å². The maximum Gasteiger partial charge on any atom is 0.273 e. The lowest BCUT2D eigenvalue weighted by Crippen LogP contribution is -2.25. The summed E-state index contributed by atoms with van der Waals surface area (Å²) in [6.07, 6.45) is 2.70. The van der Waals surface area contributed by atoms with Crippen LogP contribution in [0.4, 0.5) is 11.5 Å². The summed E-state index contributed by atoms with van der Waals surface area (Å²) in [5.74, 6) is 0.211. The number of nitroso groups, excluding NO2 is 1. The Morgan fingerprint density at radius 3 is 2.70 bits per heavy atom. The monoisotopic (exact) mass is 374 g/mol. The zero-order valence-electron chi connectivity index (χ0n) is 16.2. The fourth-order valence-corrected chi connectivity index (χ4v) is 2.30. The molecule has 0 fully saturated rings. The van der Waals surface area contributed by atoms with Crippen LogP contribution in [0.3, 0.4) is 0 Å². The quantitative estimate of drug-likeness (QED) is 0.394. The lowest BCUT2D eigenvalue weighted by Gasteiger charge is -2.22. The van der Waals surface area contributed by atoms with Crippen molar-refractivity contribution in [2.24, 2.45) is 10.7 Å². The molecule has 146 valence electrons. The minimum atomic E-state index is -0.274. The van der Waals surface area contributed by atoms with Crippen molar-refractivity contribution in [1.82, 2.24) is 15.5 Å². The minimum absolute atomic E-state index is 0.0885. The molecule has 0 saturated carbocycles. The number of anilines is 2. The Hall–Kier alpha value is -2.97. The first-order chi connectivity index (χ1) is 12.8. The van der Waals surface area contributed by atoms with Crippen molar-refractivity contribution in [2.45, 2.75) is 33.6 Å². The smallest absolute Gasteiger partial charge is 0.273 e. The SMILES string of the molecule is CN(N=O)c1nc(CCCNC(=O)c2ccon2)ccc1NCC(C)(C)C. The fraction of sp³-hybridized carbons (Fsp3) is 0.500. The van der Waals surface area contributed by atoms with Crippen molar-refractivity contribution >= 4 is 17.4 Å². The summed E-state index contributed by atoms with van der Waals surface area (Å²) in [7, 11) is 1.57. The molecular weight excluding hydrogens is 348 g/mol. The fourth-order valence-electron chi connectivity index (χ4n) is 2.30. The molecule has 0 aliphatic rings. The number of amides is 1. The Bertz CT molecular complexity index is 755. The average Bonchev–Trinajstić information content (AvgIpc) is 3.17. The number of carbonyl (C=O) groups excluding carboxylic acids is 1. The second-order valence-corrected chi connectivity index (χ2v) is 7.44. The predicted octanol–water partition coefficient (Wildman–Crippen LogP) is 3.01. The molecule has 0 atom stereocenters. The Balaban J connectivity index is 1.94. The molecule has 0 aliphatic carbocycles. The molecule has 0 radical (unpaired) electrons. The highest BCUT2D eigenvalue weighted by Crippen LogP contribution is 2.25. The minimum Gasteiger partial charge on any atom is -0.381 e. The summed E-state index contributed by atoms with van der Waals surface area (Å²) in [6.45, 7) is 7.58. The zero-order chi connectivity index (χ0) is 19.9. The number of hydrogen-bond acceptors (Lipinski definition) is 7. The van der Waals surface area contributed by atoms with Crippen molar-refractivity contribution in [1.29, 1.82) is 0 Å². The van der Waals surface area contributed by atoms with Crippen molar-refractivity contribution < 1.29 is 9.32 Å². The highest BCUT2D eigenvalue weighted by molar-refractivity contribution is 5.91. The van der Waals surface area contributed by atoms with Crippen molar-refractivity contribution in [3.8, 4) is 0 Å². The van der Waals surface area contributed by atoms with Gasteiger partial charge < -0.3 is 15.2 Å². The van der Waals surface area contributed by atoms with Crippen LogP contribution in [0.15, 0.2) is 34.3 Å². The Morgan fingerprint density at radius 2 is 2.07 bits per heavy atom. The summed E-state index contributed by atoms with van der Waals surface area (Å²) < 4.78 is 4.64. The van der Waals surface area contributed by atoms with Gasteiger partial charge in [0.05, 0.1) is 11.0 Å². The molecule has 0 aromatic carbocycles. The van der Waals surface area contributed by atoms with E-state index >= 15 is 0 Å². The number of carbonyl (C=O) groups is 1. The van der Waals surface area contributed by atoms with E-state index in [1.54, 1.807) is 7.05 Å². The predicted molar refractivity (Wildman–Crippen MR) is 104 cm³/mol. The summed E-state index contributed by atoms with van der Waals surface area (Å²) >= 11 is 0. The van der Waals surface area contributed by atoms with Gasteiger partial charge in [0.1, 0.15) is 6.26 Å².